The second kappa shape index (κ2) is 6.03. The van der Waals surface area contributed by atoms with Crippen molar-refractivity contribution in [1.29, 1.82) is 0 Å². The smallest absolute Gasteiger partial charge is 0.307 e. The van der Waals surface area contributed by atoms with Crippen LogP contribution in [0.3, 0.4) is 0 Å². The van der Waals surface area contributed by atoms with Crippen LogP contribution >= 0.6 is 0 Å². The fourth-order valence-electron chi connectivity index (χ4n) is 2.97. The first-order chi connectivity index (χ1) is 8.68. The molecule has 1 amide bonds. The maximum absolute atomic E-state index is 12.2. The quantitative estimate of drug-likeness (QED) is 0.755. The van der Waals surface area contributed by atoms with Crippen LogP contribution in [-0.4, -0.2) is 23.0 Å². The Morgan fingerprint density at radius 2 is 1.78 bits per heavy atom. The highest BCUT2D eigenvalue weighted by Gasteiger charge is 2.36. The third-order valence-electron chi connectivity index (χ3n) is 4.04. The molecule has 0 radical (unpaired) electrons. The molecule has 2 aliphatic carbocycles. The fourth-order valence-corrected chi connectivity index (χ4v) is 2.97. The van der Waals surface area contributed by atoms with Crippen LogP contribution in [0.15, 0.2) is 12.2 Å². The number of hydrogen-bond donors (Lipinski definition) is 2. The van der Waals surface area contributed by atoms with Crippen molar-refractivity contribution < 1.29 is 14.7 Å². The molecule has 100 valence electrons. The number of hydrogen-bond acceptors (Lipinski definition) is 2. The molecule has 0 spiro atoms. The van der Waals surface area contributed by atoms with Gasteiger partial charge in [0.1, 0.15) is 0 Å². The molecule has 18 heavy (non-hydrogen) atoms. The maximum atomic E-state index is 12.2. The number of nitrogens with one attached hydrogen (secondary N) is 1. The van der Waals surface area contributed by atoms with Gasteiger partial charge in [-0.05, 0) is 32.1 Å². The largest absolute Gasteiger partial charge is 0.481 e. The lowest BCUT2D eigenvalue weighted by Crippen LogP contribution is -2.44. The van der Waals surface area contributed by atoms with Crippen molar-refractivity contribution in [3.63, 3.8) is 0 Å². The second-order valence-corrected chi connectivity index (χ2v) is 5.33. The van der Waals surface area contributed by atoms with Crippen LogP contribution in [0.1, 0.15) is 44.9 Å². The van der Waals surface area contributed by atoms with Crippen LogP contribution in [-0.2, 0) is 9.59 Å². The van der Waals surface area contributed by atoms with Gasteiger partial charge in [-0.25, -0.2) is 0 Å². The Bertz CT molecular complexity index is 351. The van der Waals surface area contributed by atoms with E-state index in [9.17, 15) is 14.7 Å². The summed E-state index contributed by atoms with van der Waals surface area (Å²) in [5, 5.41) is 12.2. The Balaban J connectivity index is 1.93. The molecule has 4 nitrogen and oxygen atoms in total. The van der Waals surface area contributed by atoms with Crippen LogP contribution in [0.25, 0.3) is 0 Å². The van der Waals surface area contributed by atoms with E-state index in [1.807, 2.05) is 0 Å². The van der Waals surface area contributed by atoms with Gasteiger partial charge in [-0.1, -0.05) is 25.0 Å². The molecular weight excluding hydrogens is 230 g/mol. The minimum absolute atomic E-state index is 0.0533. The van der Waals surface area contributed by atoms with Crippen LogP contribution in [0.4, 0.5) is 0 Å². The number of aliphatic carboxylic acids is 1. The van der Waals surface area contributed by atoms with E-state index in [1.165, 1.54) is 0 Å². The number of carboxylic acid groups (broad SMARTS) is 1. The Kier molecular flexibility index (Phi) is 4.39. The Morgan fingerprint density at radius 1 is 1.06 bits per heavy atom. The topological polar surface area (TPSA) is 66.4 Å². The maximum Gasteiger partial charge on any atom is 0.307 e. The van der Waals surface area contributed by atoms with Crippen molar-refractivity contribution in [2.45, 2.75) is 51.0 Å². The summed E-state index contributed by atoms with van der Waals surface area (Å²) in [6.45, 7) is 0. The molecule has 2 aliphatic rings. The van der Waals surface area contributed by atoms with Crippen LogP contribution in [0.5, 0.6) is 0 Å². The van der Waals surface area contributed by atoms with Crippen molar-refractivity contribution in [3.05, 3.63) is 12.2 Å². The van der Waals surface area contributed by atoms with Gasteiger partial charge in [0.15, 0.2) is 0 Å². The average Bonchev–Trinajstić information content (AvgIpc) is 2.40. The summed E-state index contributed by atoms with van der Waals surface area (Å²) in [6, 6.07) is 0.193. The summed E-state index contributed by atoms with van der Waals surface area (Å²) in [5.74, 6) is -1.69. The minimum Gasteiger partial charge on any atom is -0.481 e. The lowest BCUT2D eigenvalue weighted by atomic mass is 9.78. The second-order valence-electron chi connectivity index (χ2n) is 5.33. The first kappa shape index (κ1) is 13.1. The van der Waals surface area contributed by atoms with E-state index in [4.69, 9.17) is 0 Å². The molecule has 0 aliphatic heterocycles. The van der Waals surface area contributed by atoms with E-state index in [0.29, 0.717) is 12.8 Å². The summed E-state index contributed by atoms with van der Waals surface area (Å²) in [4.78, 5) is 23.4. The summed E-state index contributed by atoms with van der Waals surface area (Å²) < 4.78 is 0. The summed E-state index contributed by atoms with van der Waals surface area (Å²) in [7, 11) is 0. The zero-order chi connectivity index (χ0) is 13.0. The zero-order valence-electron chi connectivity index (χ0n) is 10.6. The van der Waals surface area contributed by atoms with Gasteiger partial charge < -0.3 is 10.4 Å². The Morgan fingerprint density at radius 3 is 2.39 bits per heavy atom. The highest BCUT2D eigenvalue weighted by Crippen LogP contribution is 2.30. The van der Waals surface area contributed by atoms with Crippen molar-refractivity contribution >= 4 is 11.9 Å². The van der Waals surface area contributed by atoms with E-state index in [-0.39, 0.29) is 17.9 Å². The lowest BCUT2D eigenvalue weighted by Gasteiger charge is -2.29. The van der Waals surface area contributed by atoms with E-state index >= 15 is 0 Å². The average molecular weight is 251 g/mol. The third kappa shape index (κ3) is 3.12. The van der Waals surface area contributed by atoms with Gasteiger partial charge in [0.2, 0.25) is 5.91 Å². The van der Waals surface area contributed by atoms with Gasteiger partial charge in [-0.2, -0.15) is 0 Å². The predicted octanol–water partition coefficient (Wildman–Crippen LogP) is 2.10. The minimum atomic E-state index is -0.821. The summed E-state index contributed by atoms with van der Waals surface area (Å²) >= 11 is 0. The molecule has 0 saturated heterocycles. The Hall–Kier alpha value is -1.32. The molecule has 0 heterocycles. The SMILES string of the molecule is O=C(O)C1CCCCC1C(=O)NC1CC=CCC1. The number of carbonyl (C=O) groups excluding carboxylic acids is 1. The standard InChI is InChI=1S/C14H21NO3/c16-13(15-10-6-2-1-3-7-10)11-8-4-5-9-12(11)14(17)18/h1-2,10-12H,3-9H2,(H,15,16)(H,17,18). The van der Waals surface area contributed by atoms with Crippen LogP contribution < -0.4 is 5.32 Å². The molecule has 0 aromatic heterocycles. The van der Waals surface area contributed by atoms with Crippen LogP contribution in [0, 0.1) is 11.8 Å². The number of carboxylic acids is 1. The fraction of sp³-hybridized carbons (Fsp3) is 0.714. The van der Waals surface area contributed by atoms with Gasteiger partial charge >= 0.3 is 5.97 Å². The van der Waals surface area contributed by atoms with Crippen molar-refractivity contribution in [2.24, 2.45) is 11.8 Å². The normalized spacial score (nSPS) is 31.9. The molecule has 0 aromatic carbocycles. The highest BCUT2D eigenvalue weighted by molar-refractivity contribution is 5.85. The predicted molar refractivity (Wildman–Crippen MR) is 68.0 cm³/mol. The highest BCUT2D eigenvalue weighted by atomic mass is 16.4. The molecule has 0 bridgehead atoms. The molecule has 3 unspecified atom stereocenters. The number of rotatable bonds is 3. The third-order valence-corrected chi connectivity index (χ3v) is 4.04. The van der Waals surface area contributed by atoms with E-state index in [2.05, 4.69) is 17.5 Å². The van der Waals surface area contributed by atoms with Gasteiger partial charge in [-0.3, -0.25) is 9.59 Å². The zero-order valence-corrected chi connectivity index (χ0v) is 10.6. The van der Waals surface area contributed by atoms with Crippen molar-refractivity contribution in [2.75, 3.05) is 0 Å². The lowest BCUT2D eigenvalue weighted by molar-refractivity contribution is -0.149. The number of carbonyl (C=O) groups is 2. The first-order valence-corrected chi connectivity index (χ1v) is 6.86. The first-order valence-electron chi connectivity index (χ1n) is 6.86. The van der Waals surface area contributed by atoms with E-state index in [1.54, 1.807) is 0 Å². The number of amides is 1. The van der Waals surface area contributed by atoms with Gasteiger partial charge in [-0.15, -0.1) is 0 Å². The molecule has 4 heteroatoms. The van der Waals surface area contributed by atoms with Gasteiger partial charge in [0.25, 0.3) is 0 Å². The number of allylic oxidation sites excluding steroid dienone is 1. The van der Waals surface area contributed by atoms with E-state index < -0.39 is 11.9 Å². The Labute approximate surface area is 107 Å². The molecule has 1 fully saturated rings. The van der Waals surface area contributed by atoms with Crippen molar-refractivity contribution in [3.8, 4) is 0 Å². The van der Waals surface area contributed by atoms with Crippen LogP contribution in [0.2, 0.25) is 0 Å². The van der Waals surface area contributed by atoms with Gasteiger partial charge in [0.05, 0.1) is 11.8 Å². The molecular formula is C14H21NO3. The summed E-state index contributed by atoms with van der Waals surface area (Å²) in [6.07, 6.45) is 10.3. The molecule has 2 N–H and O–H groups in total. The molecule has 0 aromatic rings. The van der Waals surface area contributed by atoms with Crippen molar-refractivity contribution in [1.82, 2.24) is 5.32 Å². The monoisotopic (exact) mass is 251 g/mol. The van der Waals surface area contributed by atoms with Gasteiger partial charge in [0, 0.05) is 6.04 Å². The summed E-state index contributed by atoms with van der Waals surface area (Å²) in [5.41, 5.74) is 0. The molecule has 1 saturated carbocycles. The molecule has 2 rings (SSSR count). The molecule has 3 atom stereocenters. The van der Waals surface area contributed by atoms with E-state index in [0.717, 1.165) is 32.1 Å².